The van der Waals surface area contributed by atoms with Gasteiger partial charge in [-0.1, -0.05) is 11.6 Å². The van der Waals surface area contributed by atoms with Gasteiger partial charge < -0.3 is 4.90 Å². The quantitative estimate of drug-likeness (QED) is 0.728. The molecule has 2 aliphatic rings. The summed E-state index contributed by atoms with van der Waals surface area (Å²) in [7, 11) is 0. The van der Waals surface area contributed by atoms with Gasteiger partial charge in [0.1, 0.15) is 0 Å². The Bertz CT molecular complexity index is 478. The van der Waals surface area contributed by atoms with Crippen molar-refractivity contribution in [1.82, 2.24) is 0 Å². The summed E-state index contributed by atoms with van der Waals surface area (Å²) >= 11 is 6.38. The lowest BCUT2D eigenvalue weighted by atomic mass is 10.1. The number of nitrogens with zero attached hydrogens (tertiary/aromatic N) is 1. The highest BCUT2D eigenvalue weighted by Gasteiger charge is 2.30. The second-order valence-electron chi connectivity index (χ2n) is 6.01. The van der Waals surface area contributed by atoms with Crippen molar-refractivity contribution in [1.29, 1.82) is 0 Å². The maximum Gasteiger partial charge on any atom is 0.159 e. The largest absolute Gasteiger partial charge is 0.370 e. The molecule has 3 rings (SSSR count). The molecule has 0 radical (unpaired) electrons. The second-order valence-corrected chi connectivity index (χ2v) is 6.42. The van der Waals surface area contributed by atoms with E-state index in [1.54, 1.807) is 6.92 Å². The van der Waals surface area contributed by atoms with Crippen molar-refractivity contribution in [3.05, 3.63) is 28.8 Å². The number of anilines is 1. The summed E-state index contributed by atoms with van der Waals surface area (Å²) in [5.74, 6) is 1.77. The van der Waals surface area contributed by atoms with Gasteiger partial charge >= 0.3 is 0 Å². The SMILES string of the molecule is CC(=O)c1ccc(N(CC2CC2)CC2CC2)c(Cl)c1. The molecule has 2 fully saturated rings. The Morgan fingerprint density at radius 2 is 1.79 bits per heavy atom. The van der Waals surface area contributed by atoms with Crippen LogP contribution < -0.4 is 4.90 Å². The molecular formula is C16H20ClNO. The molecule has 0 heterocycles. The van der Waals surface area contributed by atoms with Crippen LogP contribution in [0.15, 0.2) is 18.2 Å². The number of Topliss-reactive ketones (excluding diaryl/α,β-unsaturated/α-hetero) is 1. The van der Waals surface area contributed by atoms with Crippen molar-refractivity contribution in [3.63, 3.8) is 0 Å². The van der Waals surface area contributed by atoms with Crippen LogP contribution in [0.5, 0.6) is 0 Å². The van der Waals surface area contributed by atoms with Crippen LogP contribution in [-0.2, 0) is 0 Å². The number of rotatable bonds is 6. The number of hydrogen-bond acceptors (Lipinski definition) is 2. The van der Waals surface area contributed by atoms with Crippen LogP contribution in [-0.4, -0.2) is 18.9 Å². The van der Waals surface area contributed by atoms with Crippen molar-refractivity contribution in [2.24, 2.45) is 11.8 Å². The summed E-state index contributed by atoms with van der Waals surface area (Å²) in [6, 6.07) is 5.73. The van der Waals surface area contributed by atoms with Crippen molar-refractivity contribution in [2.45, 2.75) is 32.6 Å². The summed E-state index contributed by atoms with van der Waals surface area (Å²) in [5.41, 5.74) is 1.80. The maximum absolute atomic E-state index is 11.4. The fraction of sp³-hybridized carbons (Fsp3) is 0.562. The molecule has 0 atom stereocenters. The van der Waals surface area contributed by atoms with Crippen molar-refractivity contribution in [3.8, 4) is 0 Å². The third-order valence-corrected chi connectivity index (χ3v) is 4.35. The standard InChI is InChI=1S/C16H20ClNO/c1-11(19)14-6-7-16(15(17)8-14)18(9-12-2-3-12)10-13-4-5-13/h6-8,12-13H,2-5,9-10H2,1H3. The summed E-state index contributed by atoms with van der Waals surface area (Å²) < 4.78 is 0. The smallest absolute Gasteiger partial charge is 0.159 e. The molecule has 19 heavy (non-hydrogen) atoms. The number of ketones is 1. The van der Waals surface area contributed by atoms with E-state index in [2.05, 4.69) is 4.90 Å². The first kappa shape index (κ1) is 13.0. The Morgan fingerprint density at radius 1 is 1.21 bits per heavy atom. The van der Waals surface area contributed by atoms with Gasteiger partial charge in [0.15, 0.2) is 5.78 Å². The zero-order valence-electron chi connectivity index (χ0n) is 11.4. The Morgan fingerprint density at radius 3 is 2.21 bits per heavy atom. The van der Waals surface area contributed by atoms with E-state index in [0.29, 0.717) is 10.6 Å². The number of carbonyl (C=O) groups is 1. The Hall–Kier alpha value is -1.02. The topological polar surface area (TPSA) is 20.3 Å². The first-order chi connectivity index (χ1) is 9.13. The highest BCUT2D eigenvalue weighted by atomic mass is 35.5. The van der Waals surface area contributed by atoms with Gasteiger partial charge in [0.2, 0.25) is 0 Å². The van der Waals surface area contributed by atoms with E-state index in [0.717, 1.165) is 30.6 Å². The van der Waals surface area contributed by atoms with Gasteiger partial charge in [-0.3, -0.25) is 4.79 Å². The second kappa shape index (κ2) is 5.16. The molecule has 0 amide bonds. The van der Waals surface area contributed by atoms with Crippen LogP contribution in [0.25, 0.3) is 0 Å². The van der Waals surface area contributed by atoms with Crippen LogP contribution >= 0.6 is 11.6 Å². The molecule has 2 saturated carbocycles. The van der Waals surface area contributed by atoms with Gasteiger partial charge in [0, 0.05) is 18.7 Å². The molecule has 1 aromatic rings. The minimum atomic E-state index is 0.0735. The van der Waals surface area contributed by atoms with E-state index in [4.69, 9.17) is 11.6 Å². The fourth-order valence-corrected chi connectivity index (χ4v) is 2.78. The van der Waals surface area contributed by atoms with Crippen molar-refractivity contribution < 1.29 is 4.79 Å². The van der Waals surface area contributed by atoms with Gasteiger partial charge in [-0.15, -0.1) is 0 Å². The lowest BCUT2D eigenvalue weighted by Gasteiger charge is -2.26. The third kappa shape index (κ3) is 3.30. The molecule has 0 saturated heterocycles. The first-order valence-corrected chi connectivity index (χ1v) is 7.56. The predicted octanol–water partition coefficient (Wildman–Crippen LogP) is 4.17. The van der Waals surface area contributed by atoms with Gasteiger partial charge in [-0.05, 0) is 62.6 Å². The minimum Gasteiger partial charge on any atom is -0.370 e. The average molecular weight is 278 g/mol. The molecule has 1 aromatic carbocycles. The molecule has 0 spiro atoms. The van der Waals surface area contributed by atoms with Crippen molar-refractivity contribution in [2.75, 3.05) is 18.0 Å². The monoisotopic (exact) mass is 277 g/mol. The molecule has 0 N–H and O–H groups in total. The summed E-state index contributed by atoms with van der Waals surface area (Å²) in [6.45, 7) is 3.82. The summed E-state index contributed by atoms with van der Waals surface area (Å²) in [4.78, 5) is 13.8. The first-order valence-electron chi connectivity index (χ1n) is 7.19. The molecule has 2 aliphatic carbocycles. The van der Waals surface area contributed by atoms with Gasteiger partial charge in [0.05, 0.1) is 10.7 Å². The van der Waals surface area contributed by atoms with E-state index in [-0.39, 0.29) is 5.78 Å². The molecular weight excluding hydrogens is 258 g/mol. The lowest BCUT2D eigenvalue weighted by Crippen LogP contribution is -2.28. The number of benzene rings is 1. The fourth-order valence-electron chi connectivity index (χ4n) is 2.48. The van der Waals surface area contributed by atoms with Crippen LogP contribution in [0, 0.1) is 11.8 Å². The predicted molar refractivity (Wildman–Crippen MR) is 79.1 cm³/mol. The lowest BCUT2D eigenvalue weighted by molar-refractivity contribution is 0.101. The van der Waals surface area contributed by atoms with Crippen molar-refractivity contribution >= 4 is 23.1 Å². The Balaban J connectivity index is 1.80. The summed E-state index contributed by atoms with van der Waals surface area (Å²) in [6.07, 6.45) is 5.41. The Labute approximate surface area is 119 Å². The minimum absolute atomic E-state index is 0.0735. The van der Waals surface area contributed by atoms with Crippen LogP contribution in [0.2, 0.25) is 5.02 Å². The normalized spacial score (nSPS) is 18.4. The number of halogens is 1. The zero-order chi connectivity index (χ0) is 13.4. The highest BCUT2D eigenvalue weighted by molar-refractivity contribution is 6.33. The molecule has 0 unspecified atom stereocenters. The van der Waals surface area contributed by atoms with E-state index >= 15 is 0 Å². The number of carbonyl (C=O) groups excluding carboxylic acids is 1. The molecule has 3 heteroatoms. The van der Waals surface area contributed by atoms with E-state index in [9.17, 15) is 4.79 Å². The number of hydrogen-bond donors (Lipinski definition) is 0. The van der Waals surface area contributed by atoms with Crippen LogP contribution in [0.1, 0.15) is 43.0 Å². The molecule has 0 bridgehead atoms. The highest BCUT2D eigenvalue weighted by Crippen LogP contribution is 2.38. The van der Waals surface area contributed by atoms with E-state index in [1.165, 1.54) is 25.7 Å². The molecule has 2 nitrogen and oxygen atoms in total. The maximum atomic E-state index is 11.4. The molecule has 0 aromatic heterocycles. The van der Waals surface area contributed by atoms with Gasteiger partial charge in [0.25, 0.3) is 0 Å². The Kier molecular flexibility index (Phi) is 3.53. The molecule has 102 valence electrons. The van der Waals surface area contributed by atoms with Crippen LogP contribution in [0.4, 0.5) is 5.69 Å². The van der Waals surface area contributed by atoms with Gasteiger partial charge in [-0.2, -0.15) is 0 Å². The zero-order valence-corrected chi connectivity index (χ0v) is 12.1. The average Bonchev–Trinajstić information content (AvgIpc) is 3.23. The summed E-state index contributed by atoms with van der Waals surface area (Å²) in [5, 5.41) is 0.717. The van der Waals surface area contributed by atoms with Crippen LogP contribution in [0.3, 0.4) is 0 Å². The molecule has 0 aliphatic heterocycles. The van der Waals surface area contributed by atoms with E-state index in [1.807, 2.05) is 18.2 Å². The third-order valence-electron chi connectivity index (χ3n) is 4.05. The van der Waals surface area contributed by atoms with Gasteiger partial charge in [-0.25, -0.2) is 0 Å². The van der Waals surface area contributed by atoms with E-state index < -0.39 is 0 Å².